The van der Waals surface area contributed by atoms with E-state index in [1.54, 1.807) is 12.1 Å². The molecule has 2 N–H and O–H groups in total. The summed E-state index contributed by atoms with van der Waals surface area (Å²) in [6, 6.07) is 5.24. The molecule has 0 radical (unpaired) electrons. The zero-order valence-electron chi connectivity index (χ0n) is 13.1. The molecule has 1 aromatic rings. The van der Waals surface area contributed by atoms with Crippen molar-refractivity contribution >= 4 is 5.69 Å². The van der Waals surface area contributed by atoms with Gasteiger partial charge in [-0.2, -0.15) is 0 Å². The Morgan fingerprint density at radius 3 is 2.71 bits per heavy atom. The minimum Gasteiger partial charge on any atom is -0.396 e. The summed E-state index contributed by atoms with van der Waals surface area (Å²) < 4.78 is 13.6. The highest BCUT2D eigenvalue weighted by Crippen LogP contribution is 2.30. The van der Waals surface area contributed by atoms with Gasteiger partial charge in [0.2, 0.25) is 0 Å². The van der Waals surface area contributed by atoms with Crippen LogP contribution in [0, 0.1) is 11.7 Å². The van der Waals surface area contributed by atoms with Crippen LogP contribution in [-0.2, 0) is 0 Å². The van der Waals surface area contributed by atoms with E-state index in [9.17, 15) is 9.50 Å². The van der Waals surface area contributed by atoms with Crippen molar-refractivity contribution < 1.29 is 9.50 Å². The van der Waals surface area contributed by atoms with Gasteiger partial charge in [0, 0.05) is 31.4 Å². The van der Waals surface area contributed by atoms with E-state index < -0.39 is 0 Å². The van der Waals surface area contributed by atoms with Gasteiger partial charge in [-0.15, -0.1) is 0 Å². The van der Waals surface area contributed by atoms with E-state index in [1.807, 2.05) is 6.07 Å². The lowest BCUT2D eigenvalue weighted by molar-refractivity contribution is 0.203. The Labute approximate surface area is 127 Å². The third-order valence-corrected chi connectivity index (χ3v) is 4.37. The van der Waals surface area contributed by atoms with Crippen LogP contribution in [0.2, 0.25) is 0 Å². The Morgan fingerprint density at radius 1 is 1.38 bits per heavy atom. The van der Waals surface area contributed by atoms with Crippen LogP contribution in [0.15, 0.2) is 18.2 Å². The van der Waals surface area contributed by atoms with Crippen LogP contribution in [0.3, 0.4) is 0 Å². The number of aliphatic hydroxyl groups is 1. The Balaban J connectivity index is 2.15. The first kappa shape index (κ1) is 16.2. The van der Waals surface area contributed by atoms with Crippen LogP contribution in [0.25, 0.3) is 0 Å². The summed E-state index contributed by atoms with van der Waals surface area (Å²) in [5.74, 6) is 0.241. The van der Waals surface area contributed by atoms with Crippen molar-refractivity contribution in [2.45, 2.75) is 39.2 Å². The molecule has 1 aliphatic heterocycles. The second kappa shape index (κ2) is 7.76. The fraction of sp³-hybridized carbons (Fsp3) is 0.647. The van der Waals surface area contributed by atoms with Gasteiger partial charge < -0.3 is 15.3 Å². The lowest BCUT2D eigenvalue weighted by atomic mass is 9.96. The Bertz CT molecular complexity index is 444. The SMILES string of the molecule is CCCNC(C)c1cc(F)ccc1N1CCC(CO)CC1. The molecule has 0 saturated carbocycles. The van der Waals surface area contributed by atoms with E-state index in [-0.39, 0.29) is 18.5 Å². The van der Waals surface area contributed by atoms with Crippen molar-refractivity contribution in [3.05, 3.63) is 29.6 Å². The molecule has 0 amide bonds. The van der Waals surface area contributed by atoms with Crippen molar-refractivity contribution in [2.75, 3.05) is 31.1 Å². The van der Waals surface area contributed by atoms with Crippen LogP contribution in [0.1, 0.15) is 44.7 Å². The Hall–Kier alpha value is -1.13. The van der Waals surface area contributed by atoms with Crippen molar-refractivity contribution in [3.8, 4) is 0 Å². The van der Waals surface area contributed by atoms with E-state index in [0.717, 1.165) is 50.1 Å². The molecule has 0 aliphatic carbocycles. The molecule has 0 aromatic heterocycles. The standard InChI is InChI=1S/C17H27FN2O/c1-3-8-19-13(2)16-11-15(18)4-5-17(16)20-9-6-14(12-21)7-10-20/h4-5,11,13-14,19,21H,3,6-10,12H2,1-2H3. The van der Waals surface area contributed by atoms with Crippen molar-refractivity contribution in [2.24, 2.45) is 5.92 Å². The highest BCUT2D eigenvalue weighted by molar-refractivity contribution is 5.55. The predicted molar refractivity (Wildman–Crippen MR) is 85.1 cm³/mol. The molecule has 4 heteroatoms. The van der Waals surface area contributed by atoms with Crippen LogP contribution in [0.4, 0.5) is 10.1 Å². The second-order valence-electron chi connectivity index (χ2n) is 5.99. The molecule has 1 heterocycles. The van der Waals surface area contributed by atoms with Crippen LogP contribution < -0.4 is 10.2 Å². The second-order valence-corrected chi connectivity index (χ2v) is 5.99. The van der Waals surface area contributed by atoms with Crippen molar-refractivity contribution in [1.82, 2.24) is 5.32 Å². The van der Waals surface area contributed by atoms with Gasteiger partial charge in [-0.1, -0.05) is 6.92 Å². The van der Waals surface area contributed by atoms with Gasteiger partial charge in [0.05, 0.1) is 0 Å². The largest absolute Gasteiger partial charge is 0.396 e. The fourth-order valence-electron chi connectivity index (χ4n) is 2.99. The lowest BCUT2D eigenvalue weighted by Crippen LogP contribution is -2.36. The molecule has 0 bridgehead atoms. The van der Waals surface area contributed by atoms with Gasteiger partial charge in [-0.25, -0.2) is 4.39 Å². The molecule has 0 spiro atoms. The van der Waals surface area contributed by atoms with Gasteiger partial charge >= 0.3 is 0 Å². The zero-order valence-corrected chi connectivity index (χ0v) is 13.1. The number of nitrogens with one attached hydrogen (secondary N) is 1. The first-order valence-electron chi connectivity index (χ1n) is 8.04. The van der Waals surface area contributed by atoms with Gasteiger partial charge in [0.1, 0.15) is 5.82 Å². The molecule has 1 fully saturated rings. The average molecular weight is 294 g/mol. The number of hydrogen-bond donors (Lipinski definition) is 2. The first-order chi connectivity index (χ1) is 10.2. The van der Waals surface area contributed by atoms with Gasteiger partial charge in [0.25, 0.3) is 0 Å². The summed E-state index contributed by atoms with van der Waals surface area (Å²) in [4.78, 5) is 2.32. The summed E-state index contributed by atoms with van der Waals surface area (Å²) in [7, 11) is 0. The van der Waals surface area contributed by atoms with E-state index >= 15 is 0 Å². The van der Waals surface area contributed by atoms with E-state index in [0.29, 0.717) is 5.92 Å². The number of hydrogen-bond acceptors (Lipinski definition) is 3. The molecule has 1 saturated heterocycles. The Kier molecular flexibility index (Phi) is 6.00. The predicted octanol–water partition coefficient (Wildman–Crippen LogP) is 3.10. The molecule has 1 unspecified atom stereocenters. The number of rotatable bonds is 6. The van der Waals surface area contributed by atoms with Crippen LogP contribution >= 0.6 is 0 Å². The lowest BCUT2D eigenvalue weighted by Gasteiger charge is -2.35. The zero-order chi connectivity index (χ0) is 15.2. The monoisotopic (exact) mass is 294 g/mol. The minimum atomic E-state index is -0.177. The van der Waals surface area contributed by atoms with Gasteiger partial charge in [-0.3, -0.25) is 0 Å². The molecule has 1 aliphatic rings. The number of halogens is 1. The maximum atomic E-state index is 13.6. The number of anilines is 1. The molecule has 1 aromatic carbocycles. The highest BCUT2D eigenvalue weighted by Gasteiger charge is 2.22. The van der Waals surface area contributed by atoms with Crippen molar-refractivity contribution in [3.63, 3.8) is 0 Å². The van der Waals surface area contributed by atoms with E-state index in [2.05, 4.69) is 24.1 Å². The summed E-state index contributed by atoms with van der Waals surface area (Å²) in [5, 5.41) is 12.7. The summed E-state index contributed by atoms with van der Waals surface area (Å²) in [6.07, 6.45) is 3.07. The third kappa shape index (κ3) is 4.17. The maximum Gasteiger partial charge on any atom is 0.123 e. The number of nitrogens with zero attached hydrogens (tertiary/aromatic N) is 1. The number of aliphatic hydroxyl groups excluding tert-OH is 1. The van der Waals surface area contributed by atoms with Gasteiger partial charge in [-0.05, 0) is 62.4 Å². The van der Waals surface area contributed by atoms with Crippen molar-refractivity contribution in [1.29, 1.82) is 0 Å². The van der Waals surface area contributed by atoms with Gasteiger partial charge in [0.15, 0.2) is 0 Å². The molecular formula is C17H27FN2O. The molecule has 2 rings (SSSR count). The average Bonchev–Trinajstić information content (AvgIpc) is 2.52. The molecule has 3 nitrogen and oxygen atoms in total. The number of piperidine rings is 1. The molecule has 21 heavy (non-hydrogen) atoms. The normalized spacial score (nSPS) is 18.0. The smallest absolute Gasteiger partial charge is 0.123 e. The summed E-state index contributed by atoms with van der Waals surface area (Å²) >= 11 is 0. The summed E-state index contributed by atoms with van der Waals surface area (Å²) in [6.45, 7) is 7.30. The Morgan fingerprint density at radius 2 is 2.10 bits per heavy atom. The van der Waals surface area contributed by atoms with E-state index in [1.165, 1.54) is 0 Å². The number of benzene rings is 1. The minimum absolute atomic E-state index is 0.145. The van der Waals surface area contributed by atoms with Crippen LogP contribution in [-0.4, -0.2) is 31.3 Å². The fourth-order valence-corrected chi connectivity index (χ4v) is 2.99. The molecular weight excluding hydrogens is 267 g/mol. The maximum absolute atomic E-state index is 13.6. The topological polar surface area (TPSA) is 35.5 Å². The third-order valence-electron chi connectivity index (χ3n) is 4.37. The summed E-state index contributed by atoms with van der Waals surface area (Å²) in [5.41, 5.74) is 2.16. The highest BCUT2D eigenvalue weighted by atomic mass is 19.1. The molecule has 1 atom stereocenters. The quantitative estimate of drug-likeness (QED) is 0.846. The van der Waals surface area contributed by atoms with Crippen LogP contribution in [0.5, 0.6) is 0 Å². The molecule has 118 valence electrons. The first-order valence-corrected chi connectivity index (χ1v) is 8.04. The van der Waals surface area contributed by atoms with E-state index in [4.69, 9.17) is 0 Å².